The van der Waals surface area contributed by atoms with E-state index in [9.17, 15) is 0 Å². The summed E-state index contributed by atoms with van der Waals surface area (Å²) in [5.74, 6) is 0.977. The summed E-state index contributed by atoms with van der Waals surface area (Å²) in [4.78, 5) is 2.50. The summed E-state index contributed by atoms with van der Waals surface area (Å²) in [7, 11) is 0. The lowest BCUT2D eigenvalue weighted by Gasteiger charge is -2.33. The van der Waals surface area contributed by atoms with E-state index < -0.39 is 0 Å². The van der Waals surface area contributed by atoms with Gasteiger partial charge in [0.05, 0.1) is 0 Å². The average Bonchev–Trinajstić information content (AvgIpc) is 2.53. The smallest absolute Gasteiger partial charge is 0.127 e. The van der Waals surface area contributed by atoms with E-state index in [2.05, 4.69) is 51.8 Å². The van der Waals surface area contributed by atoms with Gasteiger partial charge in [0.2, 0.25) is 0 Å². The van der Waals surface area contributed by atoms with E-state index in [0.29, 0.717) is 12.6 Å². The fourth-order valence-electron chi connectivity index (χ4n) is 3.25. The molecule has 0 bridgehead atoms. The molecule has 0 aliphatic carbocycles. The van der Waals surface area contributed by atoms with Gasteiger partial charge in [0.1, 0.15) is 12.4 Å². The number of ether oxygens (including phenoxy) is 1. The molecule has 1 N–H and O–H groups in total. The highest BCUT2D eigenvalue weighted by Gasteiger charge is 2.19. The molecule has 1 saturated heterocycles. The normalized spacial score (nSPS) is 19.0. The van der Waals surface area contributed by atoms with Gasteiger partial charge in [0, 0.05) is 29.2 Å². The van der Waals surface area contributed by atoms with Gasteiger partial charge in [-0.3, -0.25) is 4.90 Å². The second-order valence-electron chi connectivity index (χ2n) is 6.66. The molecule has 0 atom stereocenters. The van der Waals surface area contributed by atoms with Crippen LogP contribution >= 0.6 is 15.9 Å². The molecule has 0 amide bonds. The Morgan fingerprint density at radius 1 is 1.39 bits per heavy atom. The zero-order valence-electron chi connectivity index (χ0n) is 13.8. The molecule has 0 saturated carbocycles. The van der Waals surface area contributed by atoms with E-state index >= 15 is 0 Å². The van der Waals surface area contributed by atoms with E-state index in [1.807, 2.05) is 12.1 Å². The summed E-state index contributed by atoms with van der Waals surface area (Å²) in [6, 6.07) is 6.78. The number of likely N-dealkylation sites (tertiary alicyclic amines) is 1. The molecule has 0 unspecified atom stereocenters. The number of rotatable bonds is 5. The highest BCUT2D eigenvalue weighted by molar-refractivity contribution is 9.10. The zero-order chi connectivity index (χ0) is 16.2. The van der Waals surface area contributed by atoms with Gasteiger partial charge in [-0.2, -0.15) is 0 Å². The third-order valence-electron chi connectivity index (χ3n) is 4.44. The van der Waals surface area contributed by atoms with Crippen LogP contribution in [0.4, 0.5) is 0 Å². The van der Waals surface area contributed by atoms with Gasteiger partial charge in [-0.25, -0.2) is 0 Å². The van der Waals surface area contributed by atoms with E-state index in [1.165, 1.54) is 29.6 Å². The largest absolute Gasteiger partial charge is 0.489 e. The summed E-state index contributed by atoms with van der Waals surface area (Å²) in [6.07, 6.45) is 4.68. The maximum Gasteiger partial charge on any atom is 0.127 e. The lowest BCUT2D eigenvalue weighted by Crippen LogP contribution is -2.43. The highest BCUT2D eigenvalue weighted by Crippen LogP contribution is 2.29. The van der Waals surface area contributed by atoms with Crippen LogP contribution in [0, 0.1) is 0 Å². The molecule has 124 valence electrons. The monoisotopic (exact) mass is 376 g/mol. The fourth-order valence-corrected chi connectivity index (χ4v) is 3.63. The van der Waals surface area contributed by atoms with E-state index in [0.717, 1.165) is 36.4 Å². The molecule has 0 aromatic heterocycles. The summed E-state index contributed by atoms with van der Waals surface area (Å²) in [5.41, 5.74) is 3.74. The number of hydrogen-bond donors (Lipinski definition) is 1. The van der Waals surface area contributed by atoms with Crippen LogP contribution in [-0.2, 0) is 0 Å². The van der Waals surface area contributed by atoms with Crippen molar-refractivity contribution in [1.82, 2.24) is 10.2 Å². The van der Waals surface area contributed by atoms with Crippen molar-refractivity contribution in [2.45, 2.75) is 25.8 Å². The number of benzene rings is 1. The highest BCUT2D eigenvalue weighted by atomic mass is 79.9. The summed E-state index contributed by atoms with van der Waals surface area (Å²) < 4.78 is 6.94. The van der Waals surface area contributed by atoms with Crippen LogP contribution in [0.2, 0.25) is 0 Å². The molecule has 4 heteroatoms. The summed E-state index contributed by atoms with van der Waals surface area (Å²) in [5, 5.41) is 3.70. The molecule has 23 heavy (non-hydrogen) atoms. The third-order valence-corrected chi connectivity index (χ3v) is 4.94. The van der Waals surface area contributed by atoms with Crippen LogP contribution in [-0.4, -0.2) is 43.7 Å². The molecule has 0 radical (unpaired) electrons. The third kappa shape index (κ3) is 4.69. The van der Waals surface area contributed by atoms with Gasteiger partial charge in [-0.1, -0.05) is 28.1 Å². The number of nitrogens with one attached hydrogen (secondary N) is 1. The summed E-state index contributed by atoms with van der Waals surface area (Å²) in [6.45, 7) is 11.1. The molecular weight excluding hydrogens is 352 g/mol. The minimum absolute atomic E-state index is 0.612. The van der Waals surface area contributed by atoms with Crippen LogP contribution in [0.1, 0.15) is 25.3 Å². The Morgan fingerprint density at radius 3 is 2.91 bits per heavy atom. The molecule has 3 nitrogen and oxygen atoms in total. The van der Waals surface area contributed by atoms with Crippen molar-refractivity contribution < 1.29 is 4.74 Å². The molecule has 1 aromatic rings. The average molecular weight is 377 g/mol. The predicted molar refractivity (Wildman–Crippen MR) is 99.9 cm³/mol. The Kier molecular flexibility index (Phi) is 5.57. The molecule has 0 spiro atoms. The standard InChI is InChI=1S/C19H25BrN2O/c1-14(2)12-22-7-5-18(6-8-22)21-11-15-9-16-10-17(20)3-4-19(16)23-13-15/h3-4,9-10,18,21H,1,5-8,11-13H2,2H3. The van der Waals surface area contributed by atoms with Gasteiger partial charge in [-0.05, 0) is 62.7 Å². The predicted octanol–water partition coefficient (Wildman–Crippen LogP) is 3.86. The topological polar surface area (TPSA) is 24.5 Å². The Hall–Kier alpha value is -1.10. The molecule has 2 aliphatic heterocycles. The van der Waals surface area contributed by atoms with Crippen molar-refractivity contribution in [1.29, 1.82) is 0 Å². The van der Waals surface area contributed by atoms with Gasteiger partial charge in [0.15, 0.2) is 0 Å². The van der Waals surface area contributed by atoms with Crippen LogP contribution in [0.25, 0.3) is 6.08 Å². The number of nitrogens with zero attached hydrogens (tertiary/aromatic N) is 1. The molecule has 3 rings (SSSR count). The van der Waals surface area contributed by atoms with E-state index in [1.54, 1.807) is 0 Å². The van der Waals surface area contributed by atoms with E-state index in [4.69, 9.17) is 4.74 Å². The Morgan fingerprint density at radius 2 is 2.17 bits per heavy atom. The Labute approximate surface area is 147 Å². The van der Waals surface area contributed by atoms with Crippen molar-refractivity contribution in [2.75, 3.05) is 32.8 Å². The van der Waals surface area contributed by atoms with Gasteiger partial charge in [-0.15, -0.1) is 0 Å². The SMILES string of the molecule is C=C(C)CN1CCC(NCC2=Cc3cc(Br)ccc3OC2)CC1. The first-order valence-corrected chi connectivity index (χ1v) is 9.11. The van der Waals surface area contributed by atoms with Crippen molar-refractivity contribution in [2.24, 2.45) is 0 Å². The number of fused-ring (bicyclic) bond motifs is 1. The molecule has 1 fully saturated rings. The lowest BCUT2D eigenvalue weighted by molar-refractivity contribution is 0.213. The lowest BCUT2D eigenvalue weighted by atomic mass is 10.0. The molecule has 2 aliphatic rings. The van der Waals surface area contributed by atoms with Gasteiger partial charge >= 0.3 is 0 Å². The van der Waals surface area contributed by atoms with Gasteiger partial charge < -0.3 is 10.1 Å². The van der Waals surface area contributed by atoms with Crippen LogP contribution in [0.3, 0.4) is 0 Å². The molecular formula is C19H25BrN2O. The first kappa shape index (κ1) is 16.7. The molecule has 1 aromatic carbocycles. The second kappa shape index (κ2) is 7.65. The van der Waals surface area contributed by atoms with Crippen molar-refractivity contribution >= 4 is 22.0 Å². The Bertz CT molecular complexity index is 603. The van der Waals surface area contributed by atoms with E-state index in [-0.39, 0.29) is 0 Å². The second-order valence-corrected chi connectivity index (χ2v) is 7.58. The van der Waals surface area contributed by atoms with Gasteiger partial charge in [0.25, 0.3) is 0 Å². The number of halogens is 1. The first-order chi connectivity index (χ1) is 11.1. The number of hydrogen-bond acceptors (Lipinski definition) is 3. The minimum Gasteiger partial charge on any atom is -0.489 e. The van der Waals surface area contributed by atoms with Crippen LogP contribution in [0.15, 0.2) is 40.4 Å². The van der Waals surface area contributed by atoms with Crippen LogP contribution in [0.5, 0.6) is 5.75 Å². The van der Waals surface area contributed by atoms with Crippen molar-refractivity contribution in [3.8, 4) is 5.75 Å². The van der Waals surface area contributed by atoms with Crippen molar-refractivity contribution in [3.05, 3.63) is 46.0 Å². The molecule has 2 heterocycles. The zero-order valence-corrected chi connectivity index (χ0v) is 15.4. The fraction of sp³-hybridized carbons (Fsp3) is 0.474. The summed E-state index contributed by atoms with van der Waals surface area (Å²) >= 11 is 3.52. The number of piperidine rings is 1. The van der Waals surface area contributed by atoms with Crippen LogP contribution < -0.4 is 10.1 Å². The maximum atomic E-state index is 5.84. The minimum atomic E-state index is 0.612. The first-order valence-electron chi connectivity index (χ1n) is 8.32. The Balaban J connectivity index is 1.49. The maximum absolute atomic E-state index is 5.84. The van der Waals surface area contributed by atoms with Crippen molar-refractivity contribution in [3.63, 3.8) is 0 Å². The quantitative estimate of drug-likeness (QED) is 0.789.